The van der Waals surface area contributed by atoms with Crippen LogP contribution in [0.25, 0.3) is 0 Å². The monoisotopic (exact) mass is 178 g/mol. The van der Waals surface area contributed by atoms with Crippen LogP contribution in [0.2, 0.25) is 0 Å². The van der Waals surface area contributed by atoms with E-state index in [1.54, 1.807) is 0 Å². The van der Waals surface area contributed by atoms with Gasteiger partial charge in [-0.05, 0) is 6.42 Å². The van der Waals surface area contributed by atoms with Crippen LogP contribution in [0.1, 0.15) is 39.0 Å². The van der Waals surface area contributed by atoms with Gasteiger partial charge >= 0.3 is 0 Å². The molecule has 0 aliphatic rings. The molecule has 0 aromatic rings. The molecular weight excluding hydrogens is 164 g/mol. The molecule has 0 aliphatic carbocycles. The predicted molar refractivity (Wildman–Crippen MR) is 45.3 cm³/mol. The highest BCUT2D eigenvalue weighted by atomic mass is 32.2. The molecule has 0 aliphatic heterocycles. The predicted octanol–water partition coefficient (Wildman–Crippen LogP) is 1.52. The van der Waals surface area contributed by atoms with E-state index in [1.807, 2.05) is 0 Å². The van der Waals surface area contributed by atoms with Crippen molar-refractivity contribution in [1.29, 1.82) is 0 Å². The molecule has 0 atom stereocenters. The molecule has 0 rings (SSSR count). The summed E-state index contributed by atoms with van der Waals surface area (Å²) in [6.07, 6.45) is 4.24. The molecule has 0 saturated carbocycles. The molecule has 0 aromatic carbocycles. The van der Waals surface area contributed by atoms with E-state index in [1.165, 1.54) is 0 Å². The van der Waals surface area contributed by atoms with Gasteiger partial charge in [-0.3, -0.25) is 0 Å². The molecule has 0 fully saturated rings. The van der Waals surface area contributed by atoms with Crippen LogP contribution in [-0.2, 0) is 10.3 Å². The van der Waals surface area contributed by atoms with Crippen molar-refractivity contribution in [2.75, 3.05) is 0 Å². The van der Waals surface area contributed by atoms with Gasteiger partial charge in [0, 0.05) is 6.42 Å². The van der Waals surface area contributed by atoms with Crippen LogP contribution in [-0.4, -0.2) is 18.6 Å². The molecule has 66 valence electrons. The summed E-state index contributed by atoms with van der Waals surface area (Å²) in [6, 6.07) is 0. The van der Waals surface area contributed by atoms with Crippen LogP contribution in [0.5, 0.6) is 0 Å². The Hall–Kier alpha value is -0.350. The molecule has 0 saturated heterocycles. The normalized spacial score (nSPS) is 9.64. The van der Waals surface area contributed by atoms with Crippen molar-refractivity contribution in [3.63, 3.8) is 0 Å². The molecule has 0 aromatic heterocycles. The van der Waals surface area contributed by atoms with E-state index in [0.29, 0.717) is 0 Å². The molecule has 11 heavy (non-hydrogen) atoms. The van der Waals surface area contributed by atoms with Crippen LogP contribution in [0.15, 0.2) is 0 Å². The topological polar surface area (TPSA) is 54.4 Å². The SMILES string of the molecule is CCCCCCC(O)=S(=O)=O. The van der Waals surface area contributed by atoms with Gasteiger partial charge < -0.3 is 5.11 Å². The highest BCUT2D eigenvalue weighted by molar-refractivity contribution is 7.72. The Morgan fingerprint density at radius 1 is 1.27 bits per heavy atom. The minimum absolute atomic E-state index is 0.288. The molecule has 4 heteroatoms. The molecule has 0 radical (unpaired) electrons. The maximum absolute atomic E-state index is 10.1. The highest BCUT2D eigenvalue weighted by Gasteiger charge is 1.94. The zero-order chi connectivity index (χ0) is 8.69. The van der Waals surface area contributed by atoms with Gasteiger partial charge in [0.2, 0.25) is 10.3 Å². The first-order chi connectivity index (χ1) is 5.18. The van der Waals surface area contributed by atoms with Gasteiger partial charge in [-0.1, -0.05) is 26.2 Å². The van der Waals surface area contributed by atoms with Crippen LogP contribution >= 0.6 is 0 Å². The number of aliphatic hydroxyl groups is 1. The molecule has 0 unspecified atom stereocenters. The third-order valence-corrected chi connectivity index (χ3v) is 2.03. The Morgan fingerprint density at radius 3 is 2.36 bits per heavy atom. The summed E-state index contributed by atoms with van der Waals surface area (Å²) in [5.41, 5.74) is 0. The highest BCUT2D eigenvalue weighted by Crippen LogP contribution is 2.01. The number of aliphatic hydroxyl groups excluding tert-OH is 1. The van der Waals surface area contributed by atoms with Crippen LogP contribution < -0.4 is 0 Å². The van der Waals surface area contributed by atoms with Gasteiger partial charge in [-0.2, -0.15) is 8.42 Å². The Bertz CT molecular complexity index is 208. The average molecular weight is 178 g/mol. The quantitative estimate of drug-likeness (QED) is 0.513. The third kappa shape index (κ3) is 6.06. The Balaban J connectivity index is 3.48. The second-order valence-electron chi connectivity index (χ2n) is 2.44. The molecule has 3 nitrogen and oxygen atoms in total. The van der Waals surface area contributed by atoms with Crippen LogP contribution in [0.3, 0.4) is 0 Å². The van der Waals surface area contributed by atoms with Gasteiger partial charge in [0.1, 0.15) is 0 Å². The zero-order valence-electron chi connectivity index (χ0n) is 6.71. The fourth-order valence-corrected chi connectivity index (χ4v) is 1.10. The number of hydrogen-bond donors (Lipinski definition) is 1. The smallest absolute Gasteiger partial charge is 0.240 e. The van der Waals surface area contributed by atoms with E-state index in [9.17, 15) is 8.42 Å². The maximum Gasteiger partial charge on any atom is 0.240 e. The minimum atomic E-state index is -2.39. The van der Waals surface area contributed by atoms with Crippen LogP contribution in [0.4, 0.5) is 0 Å². The third-order valence-electron chi connectivity index (χ3n) is 1.44. The molecule has 0 spiro atoms. The summed E-state index contributed by atoms with van der Waals surface area (Å²) < 4.78 is 20.2. The van der Waals surface area contributed by atoms with Gasteiger partial charge in [0.15, 0.2) is 5.05 Å². The van der Waals surface area contributed by atoms with Gasteiger partial charge in [0.05, 0.1) is 0 Å². The minimum Gasteiger partial charge on any atom is -0.351 e. The second-order valence-corrected chi connectivity index (χ2v) is 3.38. The van der Waals surface area contributed by atoms with Gasteiger partial charge in [-0.15, -0.1) is 0 Å². The van der Waals surface area contributed by atoms with Crippen molar-refractivity contribution in [3.8, 4) is 0 Å². The standard InChI is InChI=1S/C7H14O3S/c1-2-3-4-5-6-7(8)11(9)10/h8H,2-6H2,1H3. The summed E-state index contributed by atoms with van der Waals surface area (Å²) in [5, 5.41) is 8.31. The molecule has 0 amide bonds. The van der Waals surface area contributed by atoms with E-state index in [-0.39, 0.29) is 6.42 Å². The van der Waals surface area contributed by atoms with Crippen molar-refractivity contribution in [2.45, 2.75) is 39.0 Å². The maximum atomic E-state index is 10.1. The first-order valence-electron chi connectivity index (χ1n) is 3.82. The average Bonchev–Trinajstić information content (AvgIpc) is 1.97. The van der Waals surface area contributed by atoms with Crippen molar-refractivity contribution >= 4 is 15.3 Å². The van der Waals surface area contributed by atoms with E-state index in [2.05, 4.69) is 6.92 Å². The van der Waals surface area contributed by atoms with Crippen molar-refractivity contribution in [1.82, 2.24) is 0 Å². The van der Waals surface area contributed by atoms with Crippen molar-refractivity contribution in [2.24, 2.45) is 0 Å². The summed E-state index contributed by atoms with van der Waals surface area (Å²) in [4.78, 5) is 0. The van der Waals surface area contributed by atoms with E-state index in [4.69, 9.17) is 5.11 Å². The Kier molecular flexibility index (Phi) is 6.16. The van der Waals surface area contributed by atoms with Crippen molar-refractivity contribution < 1.29 is 13.5 Å². The Morgan fingerprint density at radius 2 is 1.91 bits per heavy atom. The second kappa shape index (κ2) is 6.37. The number of hydrogen-bond acceptors (Lipinski definition) is 2. The van der Waals surface area contributed by atoms with Crippen molar-refractivity contribution in [3.05, 3.63) is 0 Å². The molecule has 0 heterocycles. The molecule has 0 bridgehead atoms. The lowest BCUT2D eigenvalue weighted by Gasteiger charge is -1.94. The van der Waals surface area contributed by atoms with E-state index >= 15 is 0 Å². The lowest BCUT2D eigenvalue weighted by atomic mass is 10.2. The van der Waals surface area contributed by atoms with Gasteiger partial charge in [0.25, 0.3) is 0 Å². The largest absolute Gasteiger partial charge is 0.351 e. The van der Waals surface area contributed by atoms with E-state index < -0.39 is 15.3 Å². The lowest BCUT2D eigenvalue weighted by molar-refractivity contribution is 0.529. The first kappa shape index (κ1) is 10.7. The lowest BCUT2D eigenvalue weighted by Crippen LogP contribution is -1.96. The number of unbranched alkanes of at least 4 members (excludes halogenated alkanes) is 3. The summed E-state index contributed by atoms with van der Waals surface area (Å²) in [5.74, 6) is 0. The summed E-state index contributed by atoms with van der Waals surface area (Å²) in [6.45, 7) is 2.08. The molecule has 1 N–H and O–H groups in total. The fraction of sp³-hybridized carbons (Fsp3) is 0.857. The Labute approximate surface area is 68.6 Å². The summed E-state index contributed by atoms with van der Waals surface area (Å²) in [7, 11) is -2.39. The number of rotatable bonds is 5. The molecular formula is C7H14O3S. The fourth-order valence-electron chi connectivity index (χ4n) is 0.786. The van der Waals surface area contributed by atoms with E-state index in [0.717, 1.165) is 25.7 Å². The first-order valence-corrected chi connectivity index (χ1v) is 4.90. The van der Waals surface area contributed by atoms with Gasteiger partial charge in [-0.25, -0.2) is 0 Å². The van der Waals surface area contributed by atoms with Crippen LogP contribution in [0, 0.1) is 0 Å². The summed E-state index contributed by atoms with van der Waals surface area (Å²) >= 11 is 0. The zero-order valence-corrected chi connectivity index (χ0v) is 7.52.